The van der Waals surface area contributed by atoms with Gasteiger partial charge in [-0.3, -0.25) is 0 Å². The molecule has 0 aliphatic heterocycles. The van der Waals surface area contributed by atoms with E-state index in [1.54, 1.807) is 6.07 Å². The van der Waals surface area contributed by atoms with Crippen LogP contribution in [-0.4, -0.2) is 16.0 Å². The lowest BCUT2D eigenvalue weighted by atomic mass is 10.3. The summed E-state index contributed by atoms with van der Waals surface area (Å²) in [6, 6.07) is 16.4. The number of rotatable bonds is 3. The van der Waals surface area contributed by atoms with Crippen LogP contribution in [0, 0.1) is 0 Å². The van der Waals surface area contributed by atoms with Crippen LogP contribution in [0.3, 0.4) is 0 Å². The zero-order valence-electron chi connectivity index (χ0n) is 10.4. The minimum absolute atomic E-state index is 0.0880. The standard InChI is InChI=1S/C9H12S.C6H6O2/c1-2-8-10-9-6-4-3-5-7-9;7-5-2-1-3-6(8)4-5/h3-7H,2,8H2,1H3;1-4,7-8H. The predicted octanol–water partition coefficient (Wildman–Crippen LogP) is 4.29. The van der Waals surface area contributed by atoms with Crippen molar-refractivity contribution >= 4 is 11.8 Å². The molecule has 0 radical (unpaired) electrons. The number of phenols is 2. The lowest BCUT2D eigenvalue weighted by molar-refractivity contribution is 0.450. The molecule has 0 saturated heterocycles. The van der Waals surface area contributed by atoms with Gasteiger partial charge in [0.05, 0.1) is 0 Å². The Hall–Kier alpha value is -1.61. The number of phenolic OH excluding ortho intramolecular Hbond substituents is 2. The number of thioether (sulfide) groups is 1. The Morgan fingerprint density at radius 3 is 1.94 bits per heavy atom. The van der Waals surface area contributed by atoms with Crippen LogP contribution in [-0.2, 0) is 0 Å². The number of hydrogen-bond donors (Lipinski definition) is 2. The molecule has 0 atom stereocenters. The van der Waals surface area contributed by atoms with Crippen LogP contribution in [0.1, 0.15) is 13.3 Å². The van der Waals surface area contributed by atoms with E-state index in [4.69, 9.17) is 10.2 Å². The molecular weight excluding hydrogens is 244 g/mol. The molecule has 3 heteroatoms. The highest BCUT2D eigenvalue weighted by atomic mass is 32.2. The van der Waals surface area contributed by atoms with Crippen molar-refractivity contribution < 1.29 is 10.2 Å². The third-order valence-electron chi connectivity index (χ3n) is 2.05. The van der Waals surface area contributed by atoms with E-state index >= 15 is 0 Å². The van der Waals surface area contributed by atoms with Crippen molar-refractivity contribution in [3.63, 3.8) is 0 Å². The SMILES string of the molecule is CCCSc1ccccc1.Oc1cccc(O)c1. The second-order valence-corrected chi connectivity index (χ2v) is 4.85. The second kappa shape index (κ2) is 8.48. The van der Waals surface area contributed by atoms with E-state index in [-0.39, 0.29) is 11.5 Å². The van der Waals surface area contributed by atoms with Gasteiger partial charge in [-0.25, -0.2) is 0 Å². The summed E-state index contributed by atoms with van der Waals surface area (Å²) in [5.74, 6) is 1.40. The fourth-order valence-corrected chi connectivity index (χ4v) is 2.02. The molecule has 2 rings (SSSR count). The summed E-state index contributed by atoms with van der Waals surface area (Å²) in [6.07, 6.45) is 1.25. The van der Waals surface area contributed by atoms with Gasteiger partial charge in [0, 0.05) is 11.0 Å². The van der Waals surface area contributed by atoms with Crippen molar-refractivity contribution in [2.75, 3.05) is 5.75 Å². The molecule has 0 bridgehead atoms. The minimum Gasteiger partial charge on any atom is -0.508 e. The summed E-state index contributed by atoms with van der Waals surface area (Å²) in [7, 11) is 0. The molecule has 0 aromatic heterocycles. The molecule has 0 amide bonds. The van der Waals surface area contributed by atoms with Gasteiger partial charge in [0.15, 0.2) is 0 Å². The van der Waals surface area contributed by atoms with Crippen molar-refractivity contribution in [2.24, 2.45) is 0 Å². The Bertz CT molecular complexity index is 426. The first-order valence-corrected chi connectivity index (χ1v) is 6.86. The van der Waals surface area contributed by atoms with Crippen molar-refractivity contribution in [2.45, 2.75) is 18.2 Å². The first-order valence-electron chi connectivity index (χ1n) is 5.88. The van der Waals surface area contributed by atoms with Gasteiger partial charge in [-0.2, -0.15) is 0 Å². The van der Waals surface area contributed by atoms with E-state index < -0.39 is 0 Å². The van der Waals surface area contributed by atoms with Gasteiger partial charge < -0.3 is 10.2 Å². The maximum absolute atomic E-state index is 8.65. The monoisotopic (exact) mass is 262 g/mol. The van der Waals surface area contributed by atoms with Crippen LogP contribution in [0.5, 0.6) is 11.5 Å². The van der Waals surface area contributed by atoms with E-state index in [2.05, 4.69) is 37.3 Å². The zero-order chi connectivity index (χ0) is 13.2. The van der Waals surface area contributed by atoms with E-state index in [1.807, 2.05) is 11.8 Å². The average molecular weight is 262 g/mol. The summed E-state index contributed by atoms with van der Waals surface area (Å²) >= 11 is 1.92. The van der Waals surface area contributed by atoms with Gasteiger partial charge in [0.1, 0.15) is 11.5 Å². The van der Waals surface area contributed by atoms with Crippen molar-refractivity contribution in [1.82, 2.24) is 0 Å². The molecule has 2 N–H and O–H groups in total. The van der Waals surface area contributed by atoms with Crippen LogP contribution >= 0.6 is 11.8 Å². The molecule has 0 heterocycles. The highest BCUT2D eigenvalue weighted by molar-refractivity contribution is 7.99. The summed E-state index contributed by atoms with van der Waals surface area (Å²) in [5, 5.41) is 17.3. The molecule has 2 aromatic carbocycles. The van der Waals surface area contributed by atoms with Gasteiger partial charge in [-0.15, -0.1) is 11.8 Å². The molecule has 0 fully saturated rings. The van der Waals surface area contributed by atoms with Crippen molar-refractivity contribution in [3.05, 3.63) is 54.6 Å². The predicted molar refractivity (Wildman–Crippen MR) is 77.2 cm³/mol. The molecule has 2 nitrogen and oxygen atoms in total. The van der Waals surface area contributed by atoms with Gasteiger partial charge in [0.2, 0.25) is 0 Å². The second-order valence-electron chi connectivity index (χ2n) is 3.68. The van der Waals surface area contributed by atoms with Crippen LogP contribution in [0.15, 0.2) is 59.5 Å². The fourth-order valence-electron chi connectivity index (χ4n) is 1.23. The quantitative estimate of drug-likeness (QED) is 0.811. The molecule has 0 unspecified atom stereocenters. The van der Waals surface area contributed by atoms with Gasteiger partial charge in [-0.05, 0) is 36.4 Å². The Morgan fingerprint density at radius 2 is 1.50 bits per heavy atom. The normalized spacial score (nSPS) is 9.39. The lowest BCUT2D eigenvalue weighted by Gasteiger charge is -1.96. The molecule has 0 aliphatic rings. The molecule has 0 saturated carbocycles. The van der Waals surface area contributed by atoms with Crippen LogP contribution < -0.4 is 0 Å². The van der Waals surface area contributed by atoms with E-state index in [1.165, 1.54) is 35.3 Å². The van der Waals surface area contributed by atoms with Crippen molar-refractivity contribution in [3.8, 4) is 11.5 Å². The Labute approximate surface area is 112 Å². The molecular formula is C15H18O2S. The van der Waals surface area contributed by atoms with E-state index in [9.17, 15) is 0 Å². The molecule has 0 aliphatic carbocycles. The lowest BCUT2D eigenvalue weighted by Crippen LogP contribution is -1.73. The summed E-state index contributed by atoms with van der Waals surface area (Å²) in [5.41, 5.74) is 0. The number of hydrogen-bond acceptors (Lipinski definition) is 3. The fraction of sp³-hybridized carbons (Fsp3) is 0.200. The van der Waals surface area contributed by atoms with Gasteiger partial charge in [-0.1, -0.05) is 31.2 Å². The van der Waals surface area contributed by atoms with Crippen LogP contribution in [0.4, 0.5) is 0 Å². The maximum atomic E-state index is 8.65. The smallest absolute Gasteiger partial charge is 0.119 e. The summed E-state index contributed by atoms with van der Waals surface area (Å²) < 4.78 is 0. The molecule has 2 aromatic rings. The third kappa shape index (κ3) is 6.21. The van der Waals surface area contributed by atoms with Crippen LogP contribution in [0.25, 0.3) is 0 Å². The topological polar surface area (TPSA) is 40.5 Å². The highest BCUT2D eigenvalue weighted by Gasteiger charge is 1.87. The first kappa shape index (κ1) is 14.5. The Morgan fingerprint density at radius 1 is 0.889 bits per heavy atom. The van der Waals surface area contributed by atoms with Crippen molar-refractivity contribution in [1.29, 1.82) is 0 Å². The molecule has 18 heavy (non-hydrogen) atoms. The zero-order valence-corrected chi connectivity index (χ0v) is 11.2. The number of aromatic hydroxyl groups is 2. The summed E-state index contributed by atoms with van der Waals surface area (Å²) in [6.45, 7) is 2.20. The van der Waals surface area contributed by atoms with E-state index in [0.29, 0.717) is 0 Å². The van der Waals surface area contributed by atoms with E-state index in [0.717, 1.165) is 0 Å². The minimum atomic E-state index is 0.0880. The maximum Gasteiger partial charge on any atom is 0.119 e. The first-order chi connectivity index (χ1) is 8.72. The summed E-state index contributed by atoms with van der Waals surface area (Å²) in [4.78, 5) is 1.38. The van der Waals surface area contributed by atoms with Gasteiger partial charge in [0.25, 0.3) is 0 Å². The molecule has 0 spiro atoms. The van der Waals surface area contributed by atoms with Crippen LogP contribution in [0.2, 0.25) is 0 Å². The Kier molecular flexibility index (Phi) is 6.81. The molecule has 96 valence electrons. The highest BCUT2D eigenvalue weighted by Crippen LogP contribution is 2.17. The average Bonchev–Trinajstić information content (AvgIpc) is 2.38. The third-order valence-corrected chi connectivity index (χ3v) is 3.26. The van der Waals surface area contributed by atoms with Gasteiger partial charge >= 0.3 is 0 Å². The number of benzene rings is 2. The Balaban J connectivity index is 0.000000184. The largest absolute Gasteiger partial charge is 0.508 e.